The molecule has 7 nitrogen and oxygen atoms in total. The van der Waals surface area contributed by atoms with Crippen molar-refractivity contribution in [2.24, 2.45) is 5.92 Å². The second-order valence-electron chi connectivity index (χ2n) is 7.96. The Morgan fingerprint density at radius 1 is 1.30 bits per heavy atom. The number of nitrogens with zero attached hydrogens (tertiary/aromatic N) is 3. The second kappa shape index (κ2) is 9.35. The monoisotopic (exact) mass is 375 g/mol. The molecule has 0 bridgehead atoms. The van der Waals surface area contributed by atoms with Gasteiger partial charge in [0.25, 0.3) is 0 Å². The Morgan fingerprint density at radius 3 is 2.74 bits per heavy atom. The molecule has 150 valence electrons. The van der Waals surface area contributed by atoms with Crippen molar-refractivity contribution in [1.29, 1.82) is 0 Å². The van der Waals surface area contributed by atoms with E-state index < -0.39 is 0 Å². The van der Waals surface area contributed by atoms with Gasteiger partial charge in [-0.15, -0.1) is 0 Å². The smallest absolute Gasteiger partial charge is 0.237 e. The molecule has 0 unspecified atom stereocenters. The van der Waals surface area contributed by atoms with Crippen LogP contribution in [-0.2, 0) is 16.1 Å². The summed E-state index contributed by atoms with van der Waals surface area (Å²) in [7, 11) is 0. The summed E-state index contributed by atoms with van der Waals surface area (Å²) in [5, 5.41) is 10.3. The molecule has 1 aromatic heterocycles. The van der Waals surface area contributed by atoms with Gasteiger partial charge < -0.3 is 10.6 Å². The van der Waals surface area contributed by atoms with Gasteiger partial charge in [-0.05, 0) is 45.1 Å². The van der Waals surface area contributed by atoms with E-state index in [0.29, 0.717) is 31.8 Å². The molecular weight excluding hydrogens is 342 g/mol. The largest absolute Gasteiger partial charge is 0.355 e. The van der Waals surface area contributed by atoms with Gasteiger partial charge in [0.15, 0.2) is 0 Å². The number of hydrogen-bond acceptors (Lipinski definition) is 4. The lowest BCUT2D eigenvalue weighted by molar-refractivity contribution is -0.125. The van der Waals surface area contributed by atoms with Gasteiger partial charge in [0.05, 0.1) is 6.04 Å². The van der Waals surface area contributed by atoms with Crippen LogP contribution in [0.5, 0.6) is 0 Å². The summed E-state index contributed by atoms with van der Waals surface area (Å²) >= 11 is 0. The number of aromatic nitrogens is 2. The van der Waals surface area contributed by atoms with Gasteiger partial charge in [-0.3, -0.25) is 19.2 Å². The van der Waals surface area contributed by atoms with Gasteiger partial charge in [-0.2, -0.15) is 5.10 Å². The molecule has 1 aliphatic heterocycles. The summed E-state index contributed by atoms with van der Waals surface area (Å²) in [5.41, 5.74) is 1.06. The van der Waals surface area contributed by atoms with E-state index in [1.165, 1.54) is 25.7 Å². The number of hydrogen-bond donors (Lipinski definition) is 2. The Bertz CT molecular complexity index is 638. The second-order valence-corrected chi connectivity index (χ2v) is 7.96. The van der Waals surface area contributed by atoms with Crippen LogP contribution < -0.4 is 10.6 Å². The van der Waals surface area contributed by atoms with Crippen molar-refractivity contribution in [3.63, 3.8) is 0 Å². The molecule has 1 saturated heterocycles. The Hall–Kier alpha value is -1.89. The highest BCUT2D eigenvalue weighted by molar-refractivity contribution is 5.82. The molecule has 2 N–H and O–H groups in total. The van der Waals surface area contributed by atoms with Crippen LogP contribution in [0.25, 0.3) is 0 Å². The topological polar surface area (TPSA) is 79.3 Å². The minimum atomic E-state index is -0.121. The minimum Gasteiger partial charge on any atom is -0.355 e. The summed E-state index contributed by atoms with van der Waals surface area (Å²) < 4.78 is 1.85. The quantitative estimate of drug-likeness (QED) is 0.721. The van der Waals surface area contributed by atoms with Crippen molar-refractivity contribution in [2.75, 3.05) is 19.6 Å². The van der Waals surface area contributed by atoms with Gasteiger partial charge in [0, 0.05) is 50.5 Å². The first-order valence-corrected chi connectivity index (χ1v) is 10.4. The van der Waals surface area contributed by atoms with E-state index in [2.05, 4.69) is 20.6 Å². The Kier molecular flexibility index (Phi) is 6.88. The standard InChI is InChI=1S/C20H33N5O2/c1-3-21-20(27)18-12-17(14-24(18)13-16-6-4-5-7-16)23-19(26)9-11-25-15(2)8-10-22-25/h8,10,16-18H,3-7,9,11-14H2,1-2H3,(H,21,27)(H,23,26)/t17-,18-/m0/s1. The van der Waals surface area contributed by atoms with Gasteiger partial charge >= 0.3 is 0 Å². The van der Waals surface area contributed by atoms with E-state index in [9.17, 15) is 9.59 Å². The molecule has 0 spiro atoms. The molecule has 2 amide bonds. The van der Waals surface area contributed by atoms with Crippen molar-refractivity contribution in [1.82, 2.24) is 25.3 Å². The first-order valence-electron chi connectivity index (χ1n) is 10.4. The molecule has 2 fully saturated rings. The molecular formula is C20H33N5O2. The number of amides is 2. The highest BCUT2D eigenvalue weighted by Crippen LogP contribution is 2.28. The fourth-order valence-corrected chi connectivity index (χ4v) is 4.44. The number of likely N-dealkylation sites (tertiary alicyclic amines) is 1. The maximum atomic E-state index is 12.5. The van der Waals surface area contributed by atoms with Crippen molar-refractivity contribution in [3.8, 4) is 0 Å². The predicted octanol–water partition coefficient (Wildman–Crippen LogP) is 1.47. The summed E-state index contributed by atoms with van der Waals surface area (Å²) in [6.45, 7) is 6.91. The van der Waals surface area contributed by atoms with Crippen molar-refractivity contribution in [2.45, 2.75) is 71.0 Å². The normalized spacial score (nSPS) is 23.6. The molecule has 2 atom stereocenters. The molecule has 2 heterocycles. The number of carbonyl (C=O) groups excluding carboxylic acids is 2. The van der Waals surface area contributed by atoms with Crippen molar-refractivity contribution < 1.29 is 9.59 Å². The fraction of sp³-hybridized carbons (Fsp3) is 0.750. The molecule has 3 rings (SSSR count). The number of aryl methyl sites for hydroxylation is 2. The first-order chi connectivity index (χ1) is 13.1. The third-order valence-electron chi connectivity index (χ3n) is 5.87. The number of likely N-dealkylation sites (N-methyl/N-ethyl adjacent to an activating group) is 1. The van der Waals surface area contributed by atoms with Gasteiger partial charge in [0.2, 0.25) is 11.8 Å². The SMILES string of the molecule is CCNC(=O)[C@@H]1C[C@H](NC(=O)CCn2nccc2C)CN1CC1CCCC1. The lowest BCUT2D eigenvalue weighted by Crippen LogP contribution is -2.44. The number of rotatable bonds is 8. The van der Waals surface area contributed by atoms with E-state index >= 15 is 0 Å². The zero-order chi connectivity index (χ0) is 19.2. The van der Waals surface area contributed by atoms with Crippen LogP contribution in [0.1, 0.15) is 51.1 Å². The molecule has 0 aromatic carbocycles. The third kappa shape index (κ3) is 5.31. The predicted molar refractivity (Wildman–Crippen MR) is 104 cm³/mol. The number of carbonyl (C=O) groups is 2. The summed E-state index contributed by atoms with van der Waals surface area (Å²) in [6, 6.07) is 1.86. The molecule has 2 aliphatic rings. The Balaban J connectivity index is 1.52. The first kappa shape index (κ1) is 19.9. The van der Waals surface area contributed by atoms with Crippen molar-refractivity contribution in [3.05, 3.63) is 18.0 Å². The van der Waals surface area contributed by atoms with E-state index in [0.717, 1.165) is 18.8 Å². The fourth-order valence-electron chi connectivity index (χ4n) is 4.44. The number of nitrogens with one attached hydrogen (secondary N) is 2. The van der Waals surface area contributed by atoms with Crippen LogP contribution in [0, 0.1) is 12.8 Å². The van der Waals surface area contributed by atoms with Crippen LogP contribution in [-0.4, -0.2) is 58.2 Å². The van der Waals surface area contributed by atoms with E-state index in [1.807, 2.05) is 24.6 Å². The van der Waals surface area contributed by atoms with Crippen LogP contribution in [0.3, 0.4) is 0 Å². The maximum Gasteiger partial charge on any atom is 0.237 e. The Morgan fingerprint density at radius 2 is 2.07 bits per heavy atom. The maximum absolute atomic E-state index is 12.5. The molecule has 7 heteroatoms. The molecule has 1 aromatic rings. The molecule has 1 saturated carbocycles. The van der Waals surface area contributed by atoms with Crippen LogP contribution >= 0.6 is 0 Å². The molecule has 27 heavy (non-hydrogen) atoms. The Labute approximate surface area is 161 Å². The van der Waals surface area contributed by atoms with E-state index in [1.54, 1.807) is 6.20 Å². The average Bonchev–Trinajstić information content (AvgIpc) is 3.36. The van der Waals surface area contributed by atoms with Gasteiger partial charge in [-0.25, -0.2) is 0 Å². The lowest BCUT2D eigenvalue weighted by atomic mass is 10.1. The van der Waals surface area contributed by atoms with Gasteiger partial charge in [-0.1, -0.05) is 12.8 Å². The third-order valence-corrected chi connectivity index (χ3v) is 5.87. The van der Waals surface area contributed by atoms with Crippen LogP contribution in [0.2, 0.25) is 0 Å². The summed E-state index contributed by atoms with van der Waals surface area (Å²) in [5.74, 6) is 0.825. The summed E-state index contributed by atoms with van der Waals surface area (Å²) in [6.07, 6.45) is 7.99. The highest BCUT2D eigenvalue weighted by atomic mass is 16.2. The van der Waals surface area contributed by atoms with E-state index in [4.69, 9.17) is 0 Å². The zero-order valence-electron chi connectivity index (χ0n) is 16.6. The van der Waals surface area contributed by atoms with Gasteiger partial charge in [0.1, 0.15) is 0 Å². The molecule has 1 aliphatic carbocycles. The zero-order valence-corrected chi connectivity index (χ0v) is 16.6. The average molecular weight is 376 g/mol. The molecule has 0 radical (unpaired) electrons. The lowest BCUT2D eigenvalue weighted by Gasteiger charge is -2.26. The van der Waals surface area contributed by atoms with Crippen LogP contribution in [0.4, 0.5) is 0 Å². The summed E-state index contributed by atoms with van der Waals surface area (Å²) in [4.78, 5) is 27.2. The van der Waals surface area contributed by atoms with Crippen molar-refractivity contribution >= 4 is 11.8 Å². The van der Waals surface area contributed by atoms with E-state index in [-0.39, 0.29) is 23.9 Å². The minimum absolute atomic E-state index is 0.0345. The highest BCUT2D eigenvalue weighted by Gasteiger charge is 2.38. The van der Waals surface area contributed by atoms with Crippen LogP contribution in [0.15, 0.2) is 12.3 Å².